The molecule has 1 aromatic rings. The van der Waals surface area contributed by atoms with Gasteiger partial charge in [0.25, 0.3) is 0 Å². The van der Waals surface area contributed by atoms with Crippen molar-refractivity contribution in [2.24, 2.45) is 5.92 Å². The number of aryl methyl sites for hydroxylation is 1. The van der Waals surface area contributed by atoms with Gasteiger partial charge in [-0.25, -0.2) is 0 Å². The van der Waals surface area contributed by atoms with E-state index in [1.165, 1.54) is 38.6 Å². The Balaban J connectivity index is 1.87. The van der Waals surface area contributed by atoms with Gasteiger partial charge in [0.2, 0.25) is 0 Å². The molecule has 0 N–H and O–H groups in total. The van der Waals surface area contributed by atoms with Gasteiger partial charge < -0.3 is 0 Å². The van der Waals surface area contributed by atoms with Crippen molar-refractivity contribution in [3.05, 3.63) is 41.0 Å². The molecule has 2 unspecified atom stereocenters. The molecule has 1 fully saturated rings. The molecule has 1 heteroatoms. The second-order valence-corrected chi connectivity index (χ2v) is 6.19. The summed E-state index contributed by atoms with van der Waals surface area (Å²) in [5.41, 5.74) is 6.66. The summed E-state index contributed by atoms with van der Waals surface area (Å²) < 4.78 is 0. The van der Waals surface area contributed by atoms with Gasteiger partial charge in [-0.2, -0.15) is 0 Å². The fourth-order valence-electron chi connectivity index (χ4n) is 4.46. The third kappa shape index (κ3) is 1.43. The minimum Gasteiger partial charge on any atom is -0.299 e. The van der Waals surface area contributed by atoms with Gasteiger partial charge in [-0.1, -0.05) is 36.3 Å². The second kappa shape index (κ2) is 3.96. The standard InChI is InChI=1S/C17H21N/c1-18-11-13-10-9-12-5-2-3-6-14(12)17(13)15-7-4-8-16(15)18/h2-3,5-6,15-16H,4,7-11H2,1H3. The lowest BCUT2D eigenvalue weighted by Gasteiger charge is -2.41. The van der Waals surface area contributed by atoms with Crippen LogP contribution in [0.25, 0.3) is 5.57 Å². The summed E-state index contributed by atoms with van der Waals surface area (Å²) in [6.07, 6.45) is 6.76. The van der Waals surface area contributed by atoms with E-state index in [9.17, 15) is 0 Å². The van der Waals surface area contributed by atoms with E-state index >= 15 is 0 Å². The lowest BCUT2D eigenvalue weighted by atomic mass is 9.75. The van der Waals surface area contributed by atoms with Crippen molar-refractivity contribution in [1.29, 1.82) is 0 Å². The minimum atomic E-state index is 0.815. The molecule has 4 rings (SSSR count). The summed E-state index contributed by atoms with van der Waals surface area (Å²) >= 11 is 0. The number of hydrogen-bond donors (Lipinski definition) is 0. The lowest BCUT2D eigenvalue weighted by molar-refractivity contribution is 0.222. The van der Waals surface area contributed by atoms with E-state index in [1.807, 2.05) is 0 Å². The molecule has 1 heterocycles. The van der Waals surface area contributed by atoms with Gasteiger partial charge in [0.05, 0.1) is 0 Å². The predicted octanol–water partition coefficient (Wildman–Crippen LogP) is 3.50. The van der Waals surface area contributed by atoms with Gasteiger partial charge in [-0.05, 0) is 49.4 Å². The molecular weight excluding hydrogens is 218 g/mol. The Morgan fingerprint density at radius 3 is 2.94 bits per heavy atom. The van der Waals surface area contributed by atoms with Crippen LogP contribution in [0.1, 0.15) is 36.8 Å². The molecule has 1 aromatic carbocycles. The number of benzene rings is 1. The van der Waals surface area contributed by atoms with E-state index in [1.54, 1.807) is 22.3 Å². The monoisotopic (exact) mass is 239 g/mol. The molecule has 0 radical (unpaired) electrons. The smallest absolute Gasteiger partial charge is 0.0199 e. The second-order valence-electron chi connectivity index (χ2n) is 6.19. The summed E-state index contributed by atoms with van der Waals surface area (Å²) in [5, 5.41) is 0. The molecule has 1 nitrogen and oxygen atoms in total. The molecule has 2 aliphatic carbocycles. The first kappa shape index (κ1) is 10.8. The van der Waals surface area contributed by atoms with Crippen molar-refractivity contribution in [3.63, 3.8) is 0 Å². The first-order chi connectivity index (χ1) is 8.84. The molecule has 18 heavy (non-hydrogen) atoms. The topological polar surface area (TPSA) is 3.24 Å². The van der Waals surface area contributed by atoms with Crippen molar-refractivity contribution in [2.45, 2.75) is 38.1 Å². The molecule has 0 aromatic heterocycles. The molecule has 3 aliphatic rings. The van der Waals surface area contributed by atoms with Gasteiger partial charge in [-0.3, -0.25) is 4.90 Å². The maximum absolute atomic E-state index is 2.62. The molecule has 94 valence electrons. The average Bonchev–Trinajstić information content (AvgIpc) is 2.88. The van der Waals surface area contributed by atoms with E-state index in [0.29, 0.717) is 0 Å². The molecule has 0 saturated heterocycles. The van der Waals surface area contributed by atoms with E-state index in [-0.39, 0.29) is 0 Å². The summed E-state index contributed by atoms with van der Waals surface area (Å²) in [6, 6.07) is 9.93. The van der Waals surface area contributed by atoms with Crippen LogP contribution in [-0.4, -0.2) is 24.5 Å². The van der Waals surface area contributed by atoms with Crippen molar-refractivity contribution < 1.29 is 0 Å². The highest BCUT2D eigenvalue weighted by atomic mass is 15.1. The molecular formula is C17H21N. The largest absolute Gasteiger partial charge is 0.299 e. The zero-order chi connectivity index (χ0) is 12.1. The Labute approximate surface area is 109 Å². The quantitative estimate of drug-likeness (QED) is 0.670. The number of nitrogens with zero attached hydrogens (tertiary/aromatic N) is 1. The van der Waals surface area contributed by atoms with E-state index in [4.69, 9.17) is 0 Å². The highest BCUT2D eigenvalue weighted by Gasteiger charge is 2.39. The van der Waals surface area contributed by atoms with Gasteiger partial charge in [0.1, 0.15) is 0 Å². The SMILES string of the molecule is CN1CC2=C(c3ccccc3CC2)C2CCCC21. The number of fused-ring (bicyclic) bond motifs is 4. The van der Waals surface area contributed by atoms with Crippen LogP contribution in [0.3, 0.4) is 0 Å². The van der Waals surface area contributed by atoms with Crippen molar-refractivity contribution in [3.8, 4) is 0 Å². The first-order valence-electron chi connectivity index (χ1n) is 7.35. The van der Waals surface area contributed by atoms with Crippen LogP contribution in [-0.2, 0) is 6.42 Å². The number of likely N-dealkylation sites (N-methyl/N-ethyl adjacent to an activating group) is 1. The van der Waals surface area contributed by atoms with Crippen LogP contribution in [0.4, 0.5) is 0 Å². The maximum Gasteiger partial charge on any atom is 0.0199 e. The first-order valence-corrected chi connectivity index (χ1v) is 7.35. The normalized spacial score (nSPS) is 30.9. The zero-order valence-corrected chi connectivity index (χ0v) is 11.2. The van der Waals surface area contributed by atoms with Crippen LogP contribution in [0.5, 0.6) is 0 Å². The number of hydrogen-bond acceptors (Lipinski definition) is 1. The highest BCUT2D eigenvalue weighted by molar-refractivity contribution is 5.76. The van der Waals surface area contributed by atoms with E-state index in [0.717, 1.165) is 12.0 Å². The van der Waals surface area contributed by atoms with E-state index < -0.39 is 0 Å². The van der Waals surface area contributed by atoms with Crippen LogP contribution in [0.15, 0.2) is 29.8 Å². The lowest BCUT2D eigenvalue weighted by Crippen LogP contribution is -2.41. The average molecular weight is 239 g/mol. The minimum absolute atomic E-state index is 0.815. The third-order valence-corrected chi connectivity index (χ3v) is 5.24. The molecule has 0 spiro atoms. The Morgan fingerprint density at radius 1 is 1.11 bits per heavy atom. The zero-order valence-electron chi connectivity index (χ0n) is 11.2. The Bertz CT molecular complexity index is 514. The van der Waals surface area contributed by atoms with Gasteiger partial charge in [0, 0.05) is 18.5 Å². The Kier molecular flexibility index (Phi) is 2.38. The third-order valence-electron chi connectivity index (χ3n) is 5.24. The van der Waals surface area contributed by atoms with Crippen LogP contribution in [0.2, 0.25) is 0 Å². The molecule has 1 saturated carbocycles. The van der Waals surface area contributed by atoms with Gasteiger partial charge in [-0.15, -0.1) is 0 Å². The van der Waals surface area contributed by atoms with Crippen LogP contribution < -0.4 is 0 Å². The molecule has 2 atom stereocenters. The molecule has 0 bridgehead atoms. The van der Waals surface area contributed by atoms with Crippen LogP contribution in [0, 0.1) is 5.92 Å². The fraction of sp³-hybridized carbons (Fsp3) is 0.529. The van der Waals surface area contributed by atoms with Crippen LogP contribution >= 0.6 is 0 Å². The summed E-state index contributed by atoms with van der Waals surface area (Å²) in [6.45, 7) is 1.21. The predicted molar refractivity (Wildman–Crippen MR) is 75.4 cm³/mol. The Hall–Kier alpha value is -1.08. The summed E-state index contributed by atoms with van der Waals surface area (Å²) in [5.74, 6) is 0.820. The maximum atomic E-state index is 2.62. The Morgan fingerprint density at radius 2 is 2.00 bits per heavy atom. The summed E-state index contributed by atoms with van der Waals surface area (Å²) in [4.78, 5) is 2.62. The fourth-order valence-corrected chi connectivity index (χ4v) is 4.46. The van der Waals surface area contributed by atoms with Crippen molar-refractivity contribution in [1.82, 2.24) is 4.90 Å². The van der Waals surface area contributed by atoms with Gasteiger partial charge in [0.15, 0.2) is 0 Å². The number of rotatable bonds is 0. The molecule has 1 aliphatic heterocycles. The van der Waals surface area contributed by atoms with Crippen molar-refractivity contribution in [2.75, 3.05) is 13.6 Å². The van der Waals surface area contributed by atoms with Crippen molar-refractivity contribution >= 4 is 5.57 Å². The van der Waals surface area contributed by atoms with E-state index in [2.05, 4.69) is 36.2 Å². The molecule has 0 amide bonds. The highest BCUT2D eigenvalue weighted by Crippen LogP contribution is 2.47. The summed E-state index contributed by atoms with van der Waals surface area (Å²) in [7, 11) is 2.33. The van der Waals surface area contributed by atoms with Gasteiger partial charge >= 0.3 is 0 Å².